The summed E-state index contributed by atoms with van der Waals surface area (Å²) in [4.78, 5) is 36.5. The molecule has 1 saturated heterocycles. The molecule has 1 aliphatic heterocycles. The van der Waals surface area contributed by atoms with Gasteiger partial charge in [0.1, 0.15) is 0 Å². The molecule has 0 aromatic rings. The van der Waals surface area contributed by atoms with Crippen molar-refractivity contribution in [2.75, 3.05) is 19.6 Å². The van der Waals surface area contributed by atoms with Gasteiger partial charge >= 0.3 is 5.97 Å². The minimum Gasteiger partial charge on any atom is -0.481 e. The van der Waals surface area contributed by atoms with Gasteiger partial charge in [0.25, 0.3) is 0 Å². The summed E-state index contributed by atoms with van der Waals surface area (Å²) in [5.74, 6) is -1.48. The number of aliphatic carboxylic acids is 1. The number of carbonyl (C=O) groups excluding carboxylic acids is 2. The van der Waals surface area contributed by atoms with Crippen molar-refractivity contribution < 1.29 is 19.5 Å². The van der Waals surface area contributed by atoms with Crippen LogP contribution in [0.2, 0.25) is 0 Å². The van der Waals surface area contributed by atoms with Gasteiger partial charge in [-0.05, 0) is 25.7 Å². The highest BCUT2D eigenvalue weighted by molar-refractivity contribution is 5.83. The van der Waals surface area contributed by atoms with Crippen LogP contribution >= 0.6 is 0 Å². The first-order valence-electron chi connectivity index (χ1n) is 7.28. The largest absolute Gasteiger partial charge is 0.481 e. The van der Waals surface area contributed by atoms with Crippen molar-refractivity contribution in [3.8, 4) is 0 Å². The van der Waals surface area contributed by atoms with Gasteiger partial charge in [0.15, 0.2) is 0 Å². The maximum Gasteiger partial charge on any atom is 0.308 e. The monoisotopic (exact) mass is 282 g/mol. The van der Waals surface area contributed by atoms with Gasteiger partial charge in [-0.25, -0.2) is 0 Å². The molecule has 20 heavy (non-hydrogen) atoms. The van der Waals surface area contributed by atoms with E-state index in [0.717, 1.165) is 32.2 Å². The Balaban J connectivity index is 1.80. The topological polar surface area (TPSA) is 86.7 Å². The normalized spacial score (nSPS) is 24.1. The lowest BCUT2D eigenvalue weighted by Gasteiger charge is -2.32. The SMILES string of the molecule is CC(CNC(=O)C1CCCN(C(=O)C2CC2)C1)C(=O)O. The molecule has 112 valence electrons. The molecule has 2 aliphatic rings. The molecule has 6 heteroatoms. The summed E-state index contributed by atoms with van der Waals surface area (Å²) in [6.07, 6.45) is 3.55. The third-order valence-corrected chi connectivity index (χ3v) is 4.03. The van der Waals surface area contributed by atoms with Crippen LogP contribution in [0.1, 0.15) is 32.6 Å². The minimum absolute atomic E-state index is 0.133. The number of rotatable bonds is 5. The molecular formula is C14H22N2O4. The van der Waals surface area contributed by atoms with Gasteiger partial charge in [-0.15, -0.1) is 0 Å². The number of carbonyl (C=O) groups is 3. The molecule has 2 unspecified atom stereocenters. The van der Waals surface area contributed by atoms with Crippen molar-refractivity contribution in [2.24, 2.45) is 17.8 Å². The number of hydrogen-bond acceptors (Lipinski definition) is 3. The fourth-order valence-electron chi connectivity index (χ4n) is 2.47. The number of piperidine rings is 1. The second kappa shape index (κ2) is 6.24. The Bertz CT molecular complexity index is 406. The fourth-order valence-corrected chi connectivity index (χ4v) is 2.47. The number of carboxylic acids is 1. The number of nitrogens with one attached hydrogen (secondary N) is 1. The molecule has 0 radical (unpaired) electrons. The van der Waals surface area contributed by atoms with Gasteiger partial charge in [0.05, 0.1) is 11.8 Å². The number of amides is 2. The fraction of sp³-hybridized carbons (Fsp3) is 0.786. The van der Waals surface area contributed by atoms with E-state index >= 15 is 0 Å². The summed E-state index contributed by atoms with van der Waals surface area (Å²) in [7, 11) is 0. The molecule has 2 rings (SSSR count). The first-order chi connectivity index (χ1) is 9.49. The number of likely N-dealkylation sites (tertiary alicyclic amines) is 1. The highest BCUT2D eigenvalue weighted by Crippen LogP contribution is 2.32. The van der Waals surface area contributed by atoms with Crippen molar-refractivity contribution in [2.45, 2.75) is 32.6 Å². The van der Waals surface area contributed by atoms with Crippen LogP contribution in [0.15, 0.2) is 0 Å². The van der Waals surface area contributed by atoms with E-state index in [-0.39, 0.29) is 30.2 Å². The Morgan fingerprint density at radius 2 is 1.95 bits per heavy atom. The Morgan fingerprint density at radius 1 is 1.25 bits per heavy atom. The number of hydrogen-bond donors (Lipinski definition) is 2. The lowest BCUT2D eigenvalue weighted by Crippen LogP contribution is -2.46. The van der Waals surface area contributed by atoms with Crippen molar-refractivity contribution in [3.05, 3.63) is 0 Å². The van der Waals surface area contributed by atoms with Crippen LogP contribution < -0.4 is 5.32 Å². The number of carboxylic acid groups (broad SMARTS) is 1. The second-order valence-corrected chi connectivity index (χ2v) is 5.88. The average Bonchev–Trinajstić information content (AvgIpc) is 3.28. The van der Waals surface area contributed by atoms with E-state index in [1.807, 2.05) is 0 Å². The second-order valence-electron chi connectivity index (χ2n) is 5.88. The molecule has 2 N–H and O–H groups in total. The zero-order valence-corrected chi connectivity index (χ0v) is 11.8. The molecule has 2 amide bonds. The first-order valence-corrected chi connectivity index (χ1v) is 7.28. The van der Waals surface area contributed by atoms with Crippen LogP contribution in [0.5, 0.6) is 0 Å². The molecular weight excluding hydrogens is 260 g/mol. The van der Waals surface area contributed by atoms with Crippen LogP contribution in [0.4, 0.5) is 0 Å². The third-order valence-electron chi connectivity index (χ3n) is 4.03. The Hall–Kier alpha value is -1.59. The van der Waals surface area contributed by atoms with Crippen molar-refractivity contribution in [1.29, 1.82) is 0 Å². The highest BCUT2D eigenvalue weighted by Gasteiger charge is 2.36. The molecule has 0 bridgehead atoms. The van der Waals surface area contributed by atoms with Gasteiger partial charge in [0, 0.05) is 25.6 Å². The lowest BCUT2D eigenvalue weighted by molar-refractivity contribution is -0.141. The van der Waals surface area contributed by atoms with E-state index in [0.29, 0.717) is 6.54 Å². The Morgan fingerprint density at radius 3 is 2.55 bits per heavy atom. The van der Waals surface area contributed by atoms with Crippen LogP contribution in [-0.4, -0.2) is 47.4 Å². The lowest BCUT2D eigenvalue weighted by atomic mass is 9.96. The summed E-state index contributed by atoms with van der Waals surface area (Å²) in [5.41, 5.74) is 0. The van der Waals surface area contributed by atoms with Crippen molar-refractivity contribution >= 4 is 17.8 Å². The van der Waals surface area contributed by atoms with Gasteiger partial charge < -0.3 is 15.3 Å². The van der Waals surface area contributed by atoms with Crippen LogP contribution in [0.3, 0.4) is 0 Å². The highest BCUT2D eigenvalue weighted by atomic mass is 16.4. The van der Waals surface area contributed by atoms with Crippen molar-refractivity contribution in [3.63, 3.8) is 0 Å². The van der Waals surface area contributed by atoms with Gasteiger partial charge in [-0.1, -0.05) is 6.92 Å². The van der Waals surface area contributed by atoms with Crippen LogP contribution in [0.25, 0.3) is 0 Å². The van der Waals surface area contributed by atoms with Crippen molar-refractivity contribution in [1.82, 2.24) is 10.2 Å². The van der Waals surface area contributed by atoms with E-state index in [1.165, 1.54) is 0 Å². The number of nitrogens with zero attached hydrogens (tertiary/aromatic N) is 1. The molecule has 2 atom stereocenters. The van der Waals surface area contributed by atoms with Gasteiger partial charge in [-0.2, -0.15) is 0 Å². The molecule has 2 fully saturated rings. The predicted molar refractivity (Wildman–Crippen MR) is 71.8 cm³/mol. The molecule has 1 aliphatic carbocycles. The zero-order valence-electron chi connectivity index (χ0n) is 11.8. The van der Waals surface area contributed by atoms with E-state index in [2.05, 4.69) is 5.32 Å². The van der Waals surface area contributed by atoms with E-state index in [4.69, 9.17) is 5.11 Å². The van der Waals surface area contributed by atoms with Gasteiger partial charge in [0.2, 0.25) is 11.8 Å². The summed E-state index contributed by atoms with van der Waals surface area (Å²) < 4.78 is 0. The molecule has 0 aromatic carbocycles. The minimum atomic E-state index is -0.917. The third kappa shape index (κ3) is 3.71. The maximum atomic E-state index is 12.0. The smallest absolute Gasteiger partial charge is 0.308 e. The summed E-state index contributed by atoms with van der Waals surface area (Å²) >= 11 is 0. The van der Waals surface area contributed by atoms with Gasteiger partial charge in [-0.3, -0.25) is 14.4 Å². The first kappa shape index (κ1) is 14.8. The summed E-state index contributed by atoms with van der Waals surface area (Å²) in [6, 6.07) is 0. The predicted octanol–water partition coefficient (Wildman–Crippen LogP) is 0.472. The molecule has 1 heterocycles. The van der Waals surface area contributed by atoms with E-state index in [9.17, 15) is 14.4 Å². The van der Waals surface area contributed by atoms with Crippen LogP contribution in [0, 0.1) is 17.8 Å². The quantitative estimate of drug-likeness (QED) is 0.767. The zero-order chi connectivity index (χ0) is 14.7. The molecule has 0 spiro atoms. The van der Waals surface area contributed by atoms with E-state index < -0.39 is 11.9 Å². The van der Waals surface area contributed by atoms with Crippen LogP contribution in [-0.2, 0) is 14.4 Å². The van der Waals surface area contributed by atoms with E-state index in [1.54, 1.807) is 11.8 Å². The molecule has 1 saturated carbocycles. The molecule has 0 aromatic heterocycles. The maximum absolute atomic E-state index is 12.0. The Kier molecular flexibility index (Phi) is 4.62. The molecule has 6 nitrogen and oxygen atoms in total. The summed E-state index contributed by atoms with van der Waals surface area (Å²) in [6.45, 7) is 2.92. The summed E-state index contributed by atoms with van der Waals surface area (Å²) in [5, 5.41) is 11.5. The Labute approximate surface area is 118 Å². The average molecular weight is 282 g/mol. The standard InChI is InChI=1S/C14H22N2O4/c1-9(14(19)20)7-15-12(17)11-3-2-6-16(8-11)13(18)10-4-5-10/h9-11H,2-8H2,1H3,(H,15,17)(H,19,20).